The topological polar surface area (TPSA) is 61.5 Å². The van der Waals surface area contributed by atoms with Crippen molar-refractivity contribution in [3.8, 4) is 0 Å². The lowest BCUT2D eigenvalue weighted by molar-refractivity contribution is -0.208. The lowest BCUT2D eigenvalue weighted by Gasteiger charge is -2.50. The number of ether oxygens (including phenoxy) is 2. The van der Waals surface area contributed by atoms with Crippen LogP contribution in [0.3, 0.4) is 0 Å². The van der Waals surface area contributed by atoms with E-state index in [4.69, 9.17) is 15.2 Å². The highest BCUT2D eigenvalue weighted by Crippen LogP contribution is 2.48. The minimum atomic E-state index is -0.647. The van der Waals surface area contributed by atoms with Crippen molar-refractivity contribution in [1.29, 1.82) is 0 Å². The Kier molecular flexibility index (Phi) is 3.63. The molecule has 15 heavy (non-hydrogen) atoms. The van der Waals surface area contributed by atoms with Crippen LogP contribution in [-0.4, -0.2) is 31.8 Å². The fourth-order valence-electron chi connectivity index (χ4n) is 2.48. The van der Waals surface area contributed by atoms with Crippen molar-refractivity contribution in [2.24, 2.45) is 11.1 Å². The molecule has 2 bridgehead atoms. The summed E-state index contributed by atoms with van der Waals surface area (Å²) in [5.41, 5.74) is 5.22. The molecule has 3 aliphatic rings. The van der Waals surface area contributed by atoms with Crippen molar-refractivity contribution in [3.63, 3.8) is 0 Å². The monoisotopic (exact) mass is 235 g/mol. The second kappa shape index (κ2) is 4.28. The first-order valence-corrected chi connectivity index (χ1v) is 5.09. The first kappa shape index (κ1) is 12.7. The Morgan fingerprint density at radius 3 is 2.33 bits per heavy atom. The van der Waals surface area contributed by atoms with Gasteiger partial charge in [-0.3, -0.25) is 0 Å². The SMILES string of the molecule is COC(=O)C12CCC(CN)(CC1)CO2.Cl. The number of fused-ring (bicyclic) bond motifs is 3. The smallest absolute Gasteiger partial charge is 0.338 e. The van der Waals surface area contributed by atoms with Gasteiger partial charge in [0.15, 0.2) is 5.60 Å². The zero-order valence-electron chi connectivity index (χ0n) is 8.95. The predicted molar refractivity (Wildman–Crippen MR) is 57.9 cm³/mol. The number of hydrogen-bond donors (Lipinski definition) is 1. The van der Waals surface area contributed by atoms with Gasteiger partial charge in [0.1, 0.15) is 0 Å². The summed E-state index contributed by atoms with van der Waals surface area (Å²) in [7, 11) is 1.42. The molecule has 3 fully saturated rings. The molecule has 0 amide bonds. The number of methoxy groups -OCH3 is 1. The highest BCUT2D eigenvalue weighted by atomic mass is 35.5. The number of hydrogen-bond acceptors (Lipinski definition) is 4. The Labute approximate surface area is 95.9 Å². The van der Waals surface area contributed by atoms with Gasteiger partial charge < -0.3 is 15.2 Å². The zero-order chi connectivity index (χ0) is 10.2. The van der Waals surface area contributed by atoms with Crippen LogP contribution in [0.1, 0.15) is 25.7 Å². The standard InChI is InChI=1S/C10H17NO3.ClH/c1-13-8(12)10-4-2-9(6-11,3-5-10)7-14-10;/h2-7,11H2,1H3;1H. The fourth-order valence-corrected chi connectivity index (χ4v) is 2.48. The van der Waals surface area contributed by atoms with Crippen molar-refractivity contribution in [2.75, 3.05) is 20.3 Å². The van der Waals surface area contributed by atoms with E-state index in [-0.39, 0.29) is 23.8 Å². The Balaban J connectivity index is 0.00000112. The Morgan fingerprint density at radius 2 is 2.00 bits per heavy atom. The molecule has 3 rings (SSSR count). The van der Waals surface area contributed by atoms with Gasteiger partial charge in [-0.05, 0) is 25.7 Å². The molecule has 1 saturated carbocycles. The zero-order valence-corrected chi connectivity index (χ0v) is 9.77. The van der Waals surface area contributed by atoms with Crippen molar-refractivity contribution >= 4 is 18.4 Å². The molecule has 0 aromatic rings. The van der Waals surface area contributed by atoms with Gasteiger partial charge in [0, 0.05) is 12.0 Å². The summed E-state index contributed by atoms with van der Waals surface area (Å²) >= 11 is 0. The summed E-state index contributed by atoms with van der Waals surface area (Å²) in [5.74, 6) is -0.220. The van der Waals surface area contributed by atoms with E-state index >= 15 is 0 Å². The molecule has 0 unspecified atom stereocenters. The fraction of sp³-hybridized carbons (Fsp3) is 0.900. The predicted octanol–water partition coefficient (Wildman–Crippen LogP) is 0.869. The second-order valence-electron chi connectivity index (χ2n) is 4.48. The highest BCUT2D eigenvalue weighted by Gasteiger charge is 2.53. The summed E-state index contributed by atoms with van der Waals surface area (Å²) < 4.78 is 10.4. The molecule has 0 atom stereocenters. The van der Waals surface area contributed by atoms with Crippen LogP contribution in [0.15, 0.2) is 0 Å². The number of rotatable bonds is 2. The molecule has 1 aliphatic carbocycles. The summed E-state index contributed by atoms with van der Waals surface area (Å²) in [6, 6.07) is 0. The summed E-state index contributed by atoms with van der Waals surface area (Å²) in [5, 5.41) is 0. The van der Waals surface area contributed by atoms with Gasteiger partial charge in [0.05, 0.1) is 13.7 Å². The van der Waals surface area contributed by atoms with E-state index in [9.17, 15) is 4.79 Å². The van der Waals surface area contributed by atoms with Crippen LogP contribution in [0, 0.1) is 5.41 Å². The van der Waals surface area contributed by atoms with Crippen molar-refractivity contribution in [2.45, 2.75) is 31.3 Å². The summed E-state index contributed by atoms with van der Waals surface area (Å²) in [6.45, 7) is 1.27. The van der Waals surface area contributed by atoms with Crippen LogP contribution in [0.5, 0.6) is 0 Å². The molecule has 0 aromatic heterocycles. The van der Waals surface area contributed by atoms with Crippen LogP contribution in [0.25, 0.3) is 0 Å². The van der Waals surface area contributed by atoms with Gasteiger partial charge in [-0.1, -0.05) is 0 Å². The third kappa shape index (κ3) is 1.86. The van der Waals surface area contributed by atoms with Crippen molar-refractivity contribution in [1.82, 2.24) is 0 Å². The van der Waals surface area contributed by atoms with E-state index < -0.39 is 5.60 Å². The van der Waals surface area contributed by atoms with Gasteiger partial charge in [-0.15, -0.1) is 12.4 Å². The number of esters is 1. The van der Waals surface area contributed by atoms with Crippen molar-refractivity contribution in [3.05, 3.63) is 0 Å². The lowest BCUT2D eigenvalue weighted by Crippen LogP contribution is -2.57. The first-order chi connectivity index (χ1) is 6.66. The van der Waals surface area contributed by atoms with Crippen LogP contribution in [0.4, 0.5) is 0 Å². The molecule has 2 saturated heterocycles. The van der Waals surface area contributed by atoms with E-state index in [1.165, 1.54) is 7.11 Å². The van der Waals surface area contributed by atoms with Crippen LogP contribution in [-0.2, 0) is 14.3 Å². The van der Waals surface area contributed by atoms with Gasteiger partial charge in [0.25, 0.3) is 0 Å². The first-order valence-electron chi connectivity index (χ1n) is 5.09. The molecule has 0 spiro atoms. The highest BCUT2D eigenvalue weighted by molar-refractivity contribution is 5.85. The normalized spacial score (nSPS) is 38.3. The summed E-state index contributed by atoms with van der Waals surface area (Å²) in [4.78, 5) is 11.6. The Morgan fingerprint density at radius 1 is 1.40 bits per heavy atom. The molecular weight excluding hydrogens is 218 g/mol. The molecule has 2 aliphatic heterocycles. The molecule has 2 N–H and O–H groups in total. The third-order valence-corrected chi connectivity index (χ3v) is 3.76. The minimum Gasteiger partial charge on any atom is -0.467 e. The molecule has 88 valence electrons. The summed E-state index contributed by atoms with van der Waals surface area (Å²) in [6.07, 6.45) is 3.49. The van der Waals surface area contributed by atoms with Gasteiger partial charge in [0.2, 0.25) is 0 Å². The molecular formula is C10H18ClNO3. The van der Waals surface area contributed by atoms with Gasteiger partial charge in [-0.2, -0.15) is 0 Å². The number of carbonyl (C=O) groups excluding carboxylic acids is 1. The minimum absolute atomic E-state index is 0. The average molecular weight is 236 g/mol. The maximum absolute atomic E-state index is 11.6. The molecule has 4 nitrogen and oxygen atoms in total. The van der Waals surface area contributed by atoms with Crippen molar-refractivity contribution < 1.29 is 14.3 Å². The maximum atomic E-state index is 11.6. The number of nitrogens with two attached hydrogens (primary N) is 1. The van der Waals surface area contributed by atoms with E-state index in [0.29, 0.717) is 13.2 Å². The maximum Gasteiger partial charge on any atom is 0.338 e. The Hall–Kier alpha value is -0.320. The van der Waals surface area contributed by atoms with E-state index in [0.717, 1.165) is 25.7 Å². The van der Waals surface area contributed by atoms with Crippen LogP contribution >= 0.6 is 12.4 Å². The number of halogens is 1. The van der Waals surface area contributed by atoms with E-state index in [1.807, 2.05) is 0 Å². The molecule has 0 aromatic carbocycles. The van der Waals surface area contributed by atoms with Gasteiger partial charge in [-0.25, -0.2) is 4.79 Å². The Bertz CT molecular complexity index is 233. The quantitative estimate of drug-likeness (QED) is 0.722. The number of carbonyl (C=O) groups is 1. The largest absolute Gasteiger partial charge is 0.467 e. The molecule has 2 heterocycles. The molecule has 5 heteroatoms. The van der Waals surface area contributed by atoms with Crippen LogP contribution in [0.2, 0.25) is 0 Å². The average Bonchev–Trinajstić information content (AvgIpc) is 2.30. The lowest BCUT2D eigenvalue weighted by atomic mass is 9.66. The van der Waals surface area contributed by atoms with E-state index in [2.05, 4.69) is 0 Å². The van der Waals surface area contributed by atoms with Crippen LogP contribution < -0.4 is 5.73 Å². The van der Waals surface area contributed by atoms with Gasteiger partial charge >= 0.3 is 5.97 Å². The third-order valence-electron chi connectivity index (χ3n) is 3.76. The molecule has 0 radical (unpaired) electrons. The second-order valence-corrected chi connectivity index (χ2v) is 4.48. The van der Waals surface area contributed by atoms with E-state index in [1.54, 1.807) is 0 Å².